The molecule has 0 saturated heterocycles. The Bertz CT molecular complexity index is 345. The second-order valence-corrected chi connectivity index (χ2v) is 5.07. The Kier molecular flexibility index (Phi) is 6.80. The lowest BCUT2D eigenvalue weighted by Crippen LogP contribution is -2.17. The van der Waals surface area contributed by atoms with Gasteiger partial charge >= 0.3 is 0 Å². The molecule has 0 amide bonds. The summed E-state index contributed by atoms with van der Waals surface area (Å²) in [4.78, 5) is 1.20. The Morgan fingerprint density at radius 3 is 2.53 bits per heavy atom. The van der Waals surface area contributed by atoms with Crippen molar-refractivity contribution in [3.05, 3.63) is 30.3 Å². The number of aliphatic hydroxyl groups excluding tert-OH is 2. The number of rotatable bonds is 7. The highest BCUT2D eigenvalue weighted by molar-refractivity contribution is 7.99. The van der Waals surface area contributed by atoms with Crippen molar-refractivity contribution in [1.29, 1.82) is 0 Å². The van der Waals surface area contributed by atoms with E-state index in [4.69, 9.17) is 6.42 Å². The number of terminal acetylenes is 1. The van der Waals surface area contributed by atoms with Crippen molar-refractivity contribution in [2.45, 2.75) is 36.4 Å². The topological polar surface area (TPSA) is 40.5 Å². The molecule has 3 heteroatoms. The minimum absolute atomic E-state index is 0.308. The SMILES string of the molecule is C#CC[C@@H](O)C[C@@H](O)CCSc1ccccc1. The lowest BCUT2D eigenvalue weighted by molar-refractivity contribution is 0.0820. The van der Waals surface area contributed by atoms with E-state index in [1.807, 2.05) is 30.3 Å². The van der Waals surface area contributed by atoms with E-state index in [9.17, 15) is 10.2 Å². The van der Waals surface area contributed by atoms with Crippen LogP contribution in [0.15, 0.2) is 35.2 Å². The number of hydrogen-bond donors (Lipinski definition) is 2. The van der Waals surface area contributed by atoms with Gasteiger partial charge in [-0.1, -0.05) is 18.2 Å². The molecule has 0 aliphatic rings. The van der Waals surface area contributed by atoms with Gasteiger partial charge in [-0.3, -0.25) is 0 Å². The number of aliphatic hydroxyl groups is 2. The van der Waals surface area contributed by atoms with Crippen molar-refractivity contribution in [3.63, 3.8) is 0 Å². The van der Waals surface area contributed by atoms with E-state index in [2.05, 4.69) is 5.92 Å². The first-order valence-corrected chi connectivity index (χ1v) is 6.68. The predicted octanol–water partition coefficient (Wildman–Crippen LogP) is 2.30. The quantitative estimate of drug-likeness (QED) is 0.576. The second kappa shape index (κ2) is 8.19. The van der Waals surface area contributed by atoms with Gasteiger partial charge in [-0.2, -0.15) is 0 Å². The van der Waals surface area contributed by atoms with E-state index in [-0.39, 0.29) is 0 Å². The third-order valence-electron chi connectivity index (χ3n) is 2.36. The summed E-state index contributed by atoms with van der Waals surface area (Å²) in [5, 5.41) is 19.1. The zero-order valence-corrected chi connectivity index (χ0v) is 10.6. The predicted molar refractivity (Wildman–Crippen MR) is 71.9 cm³/mol. The molecule has 92 valence electrons. The molecule has 0 aromatic heterocycles. The first-order valence-electron chi connectivity index (χ1n) is 5.70. The van der Waals surface area contributed by atoms with Crippen LogP contribution in [0, 0.1) is 12.3 Å². The lowest BCUT2D eigenvalue weighted by atomic mass is 10.1. The molecule has 0 fully saturated rings. The van der Waals surface area contributed by atoms with Crippen LogP contribution in [0.2, 0.25) is 0 Å². The van der Waals surface area contributed by atoms with Crippen LogP contribution in [-0.2, 0) is 0 Å². The summed E-state index contributed by atoms with van der Waals surface area (Å²) in [6.45, 7) is 0. The van der Waals surface area contributed by atoms with Gasteiger partial charge in [-0.05, 0) is 18.6 Å². The van der Waals surface area contributed by atoms with Gasteiger partial charge in [0.25, 0.3) is 0 Å². The molecule has 0 radical (unpaired) electrons. The number of thioether (sulfide) groups is 1. The maximum Gasteiger partial charge on any atom is 0.0673 e. The van der Waals surface area contributed by atoms with Gasteiger partial charge in [-0.25, -0.2) is 0 Å². The lowest BCUT2D eigenvalue weighted by Gasteiger charge is -2.13. The van der Waals surface area contributed by atoms with E-state index in [1.54, 1.807) is 11.8 Å². The third-order valence-corrected chi connectivity index (χ3v) is 3.41. The highest BCUT2D eigenvalue weighted by atomic mass is 32.2. The van der Waals surface area contributed by atoms with Crippen molar-refractivity contribution in [2.75, 3.05) is 5.75 Å². The molecule has 1 rings (SSSR count). The summed E-state index contributed by atoms with van der Waals surface area (Å²) >= 11 is 1.71. The van der Waals surface area contributed by atoms with E-state index >= 15 is 0 Å². The van der Waals surface area contributed by atoms with E-state index in [0.717, 1.165) is 5.75 Å². The molecule has 0 bridgehead atoms. The Morgan fingerprint density at radius 2 is 1.88 bits per heavy atom. The van der Waals surface area contributed by atoms with Crippen molar-refractivity contribution in [2.24, 2.45) is 0 Å². The summed E-state index contributed by atoms with van der Waals surface area (Å²) in [6.07, 6.45) is 5.36. The zero-order valence-electron chi connectivity index (χ0n) is 9.75. The van der Waals surface area contributed by atoms with Crippen LogP contribution in [0.5, 0.6) is 0 Å². The van der Waals surface area contributed by atoms with E-state index in [1.165, 1.54) is 4.90 Å². The molecule has 2 nitrogen and oxygen atoms in total. The Balaban J connectivity index is 2.16. The summed E-state index contributed by atoms with van der Waals surface area (Å²) in [7, 11) is 0. The summed E-state index contributed by atoms with van der Waals surface area (Å²) in [5.74, 6) is 3.23. The monoisotopic (exact) mass is 250 g/mol. The fourth-order valence-electron chi connectivity index (χ4n) is 1.48. The van der Waals surface area contributed by atoms with Crippen LogP contribution in [0.25, 0.3) is 0 Å². The molecule has 0 aliphatic carbocycles. The summed E-state index contributed by atoms with van der Waals surface area (Å²) in [6, 6.07) is 10.1. The van der Waals surface area contributed by atoms with Gasteiger partial charge in [0, 0.05) is 23.5 Å². The van der Waals surface area contributed by atoms with Gasteiger partial charge in [0.05, 0.1) is 12.2 Å². The number of benzene rings is 1. The molecule has 1 aromatic rings. The fourth-order valence-corrected chi connectivity index (χ4v) is 2.46. The second-order valence-electron chi connectivity index (χ2n) is 3.90. The molecule has 0 unspecified atom stereocenters. The average molecular weight is 250 g/mol. The third kappa shape index (κ3) is 6.38. The standard InChI is InChI=1S/C14H18O2S/c1-2-6-12(15)11-13(16)9-10-17-14-7-4-3-5-8-14/h1,3-5,7-8,12-13,15-16H,6,9-11H2/t12-,13+/m1/s1. The highest BCUT2D eigenvalue weighted by Crippen LogP contribution is 2.19. The molecule has 2 atom stereocenters. The minimum atomic E-state index is -0.586. The van der Waals surface area contributed by atoms with Gasteiger partial charge in [0.2, 0.25) is 0 Å². The Labute approximate surface area is 107 Å². The smallest absolute Gasteiger partial charge is 0.0673 e. The van der Waals surface area contributed by atoms with Crippen LogP contribution in [0.4, 0.5) is 0 Å². The van der Waals surface area contributed by atoms with Crippen LogP contribution in [0.3, 0.4) is 0 Å². The first-order chi connectivity index (χ1) is 8.22. The largest absolute Gasteiger partial charge is 0.393 e. The average Bonchev–Trinajstić information content (AvgIpc) is 2.30. The zero-order chi connectivity index (χ0) is 12.5. The van der Waals surface area contributed by atoms with Crippen LogP contribution in [0.1, 0.15) is 19.3 Å². The molecule has 0 aliphatic heterocycles. The molecule has 0 spiro atoms. The Hall–Kier alpha value is -0.950. The molecule has 2 N–H and O–H groups in total. The van der Waals surface area contributed by atoms with Crippen molar-refractivity contribution < 1.29 is 10.2 Å². The minimum Gasteiger partial charge on any atom is -0.393 e. The van der Waals surface area contributed by atoms with E-state index < -0.39 is 12.2 Å². The number of hydrogen-bond acceptors (Lipinski definition) is 3. The first kappa shape index (κ1) is 14.1. The van der Waals surface area contributed by atoms with Gasteiger partial charge in [0.1, 0.15) is 0 Å². The van der Waals surface area contributed by atoms with Crippen molar-refractivity contribution >= 4 is 11.8 Å². The van der Waals surface area contributed by atoms with Crippen molar-refractivity contribution in [1.82, 2.24) is 0 Å². The van der Waals surface area contributed by atoms with Crippen LogP contribution in [-0.4, -0.2) is 28.2 Å². The van der Waals surface area contributed by atoms with Gasteiger partial charge in [-0.15, -0.1) is 24.1 Å². The molecular formula is C14H18O2S. The summed E-state index contributed by atoms with van der Waals surface area (Å²) in [5.41, 5.74) is 0. The van der Waals surface area contributed by atoms with E-state index in [0.29, 0.717) is 19.3 Å². The molecule has 1 aromatic carbocycles. The van der Waals surface area contributed by atoms with Gasteiger partial charge < -0.3 is 10.2 Å². The molecular weight excluding hydrogens is 232 g/mol. The Morgan fingerprint density at radius 1 is 1.18 bits per heavy atom. The van der Waals surface area contributed by atoms with Crippen LogP contribution < -0.4 is 0 Å². The van der Waals surface area contributed by atoms with Gasteiger partial charge in [0.15, 0.2) is 0 Å². The maximum absolute atomic E-state index is 9.68. The fraction of sp³-hybridized carbons (Fsp3) is 0.429. The highest BCUT2D eigenvalue weighted by Gasteiger charge is 2.10. The molecule has 17 heavy (non-hydrogen) atoms. The molecule has 0 saturated carbocycles. The normalized spacial score (nSPS) is 13.9. The van der Waals surface area contributed by atoms with Crippen LogP contribution >= 0.6 is 11.8 Å². The maximum atomic E-state index is 9.68. The summed E-state index contributed by atoms with van der Waals surface area (Å²) < 4.78 is 0. The van der Waals surface area contributed by atoms with Crippen molar-refractivity contribution in [3.8, 4) is 12.3 Å². The molecule has 0 heterocycles.